The number of pyridine rings is 1. The average molecular weight is 603 g/mol. The highest BCUT2D eigenvalue weighted by Crippen LogP contribution is 2.33. The molecule has 2 fully saturated rings. The van der Waals surface area contributed by atoms with E-state index in [2.05, 4.69) is 52.0 Å². The first-order valence-electron chi connectivity index (χ1n) is 15.3. The summed E-state index contributed by atoms with van der Waals surface area (Å²) in [4.78, 5) is 30.3. The van der Waals surface area contributed by atoms with E-state index in [1.165, 1.54) is 0 Å². The summed E-state index contributed by atoms with van der Waals surface area (Å²) in [6.45, 7) is 9.16. The number of aliphatic imine (C=N–C) groups is 1. The second-order valence-corrected chi connectivity index (χ2v) is 11.7. The number of anilines is 1. The molecule has 0 N–H and O–H groups in total. The van der Waals surface area contributed by atoms with Crippen LogP contribution in [0.25, 0.3) is 5.70 Å². The molecule has 3 aromatic rings. The van der Waals surface area contributed by atoms with E-state index < -0.39 is 0 Å². The van der Waals surface area contributed by atoms with Crippen molar-refractivity contribution in [1.82, 2.24) is 29.6 Å². The Balaban J connectivity index is 1.20. The lowest BCUT2D eigenvalue weighted by molar-refractivity contribution is -0.134. The van der Waals surface area contributed by atoms with Crippen molar-refractivity contribution in [1.29, 1.82) is 5.26 Å². The van der Waals surface area contributed by atoms with E-state index >= 15 is 0 Å². The van der Waals surface area contributed by atoms with Gasteiger partial charge in [-0.3, -0.25) is 9.48 Å². The van der Waals surface area contributed by atoms with Gasteiger partial charge in [0.2, 0.25) is 5.91 Å². The zero-order valence-corrected chi connectivity index (χ0v) is 26.0. The van der Waals surface area contributed by atoms with Gasteiger partial charge in [0.05, 0.1) is 41.4 Å². The number of aromatic nitrogens is 3. The molecule has 0 radical (unpaired) electrons. The highest BCUT2D eigenvalue weighted by molar-refractivity contribution is 6.15. The molecule has 1 amide bonds. The molecule has 2 atom stereocenters. The number of likely N-dealkylation sites (tertiary alicyclic amines) is 1. The van der Waals surface area contributed by atoms with Crippen LogP contribution >= 0.6 is 0 Å². The van der Waals surface area contributed by atoms with Crippen molar-refractivity contribution in [3.05, 3.63) is 95.2 Å². The largest absolute Gasteiger partial charge is 0.353 e. The Bertz CT molecular complexity index is 1690. The van der Waals surface area contributed by atoms with Crippen molar-refractivity contribution in [2.24, 2.45) is 17.1 Å². The number of carbonyl (C=O) groups is 1. The zero-order valence-electron chi connectivity index (χ0n) is 26.0. The predicted octanol–water partition coefficient (Wildman–Crippen LogP) is 3.86. The molecular formula is C34H38N10O. The first-order chi connectivity index (χ1) is 21.9. The molecule has 3 aliphatic rings. The van der Waals surface area contributed by atoms with E-state index in [-0.39, 0.29) is 17.9 Å². The predicted molar refractivity (Wildman–Crippen MR) is 175 cm³/mol. The number of piperazine rings is 1. The van der Waals surface area contributed by atoms with Gasteiger partial charge in [-0.1, -0.05) is 30.3 Å². The maximum Gasteiger partial charge on any atom is 0.231 e. The minimum Gasteiger partial charge on any atom is -0.353 e. The summed E-state index contributed by atoms with van der Waals surface area (Å²) in [5, 5.41) is 19.8. The quantitative estimate of drug-likeness (QED) is 0.299. The van der Waals surface area contributed by atoms with Gasteiger partial charge in [-0.25, -0.2) is 15.0 Å². The zero-order chi connectivity index (χ0) is 31.5. The van der Waals surface area contributed by atoms with E-state index in [9.17, 15) is 10.1 Å². The summed E-state index contributed by atoms with van der Waals surface area (Å²) in [7, 11) is 3.98. The lowest BCUT2D eigenvalue weighted by Gasteiger charge is -2.39. The Morgan fingerprint density at radius 2 is 1.82 bits per heavy atom. The van der Waals surface area contributed by atoms with Crippen molar-refractivity contribution in [3.63, 3.8) is 0 Å². The van der Waals surface area contributed by atoms with Crippen molar-refractivity contribution in [3.8, 4) is 6.07 Å². The fourth-order valence-corrected chi connectivity index (χ4v) is 6.51. The molecule has 1 unspecified atom stereocenters. The maximum atomic E-state index is 14.0. The standard InChI is InChI=1S/C34H38N10O/c1-24(19-35)33-32(39-28(23-44(33)36-2)27-21-38-41(4)22-27)26-12-13-30(37-20-26)42-15-17-43(18-16-42)34(45)31(25-9-6-5-7-10-25)29-11-8-14-40(29)3/h5-7,9-10,12-13,20-23,29,31H,2,8,11,14-18H2,1,3-4H3/b33-24+/t29?,31-/m0/s1. The SMILES string of the molecule is C=NN1C=C(c2cnn(C)c2)N=C(c2ccc(N3CCN(C(=O)[C@@H](c4ccccc4)C4CCCN4C)CC3)nc2)/C1=C(/C)C#N. The van der Waals surface area contributed by atoms with Gasteiger partial charge in [-0.15, -0.1) is 0 Å². The summed E-state index contributed by atoms with van der Waals surface area (Å²) in [6.07, 6.45) is 9.30. The van der Waals surface area contributed by atoms with Crippen LogP contribution in [0.3, 0.4) is 0 Å². The number of likely N-dealkylation sites (N-methyl/N-ethyl adjacent to an activating group) is 1. The molecule has 5 heterocycles. The van der Waals surface area contributed by atoms with Crippen LogP contribution in [0.5, 0.6) is 0 Å². The first-order valence-corrected chi connectivity index (χ1v) is 15.3. The lowest BCUT2D eigenvalue weighted by Crippen LogP contribution is -2.52. The van der Waals surface area contributed by atoms with Crippen LogP contribution in [-0.4, -0.2) is 93.7 Å². The molecule has 3 aliphatic heterocycles. The molecule has 0 spiro atoms. The Morgan fingerprint density at radius 3 is 2.42 bits per heavy atom. The van der Waals surface area contributed by atoms with E-state index in [1.54, 1.807) is 35.2 Å². The van der Waals surface area contributed by atoms with Crippen molar-refractivity contribution < 1.29 is 4.79 Å². The third-order valence-electron chi connectivity index (χ3n) is 8.93. The summed E-state index contributed by atoms with van der Waals surface area (Å²) in [5.74, 6) is 0.887. The van der Waals surface area contributed by atoms with Gasteiger partial charge < -0.3 is 14.7 Å². The number of hydrogen-bond donors (Lipinski definition) is 0. The van der Waals surface area contributed by atoms with Gasteiger partial charge in [0.15, 0.2) is 0 Å². The summed E-state index contributed by atoms with van der Waals surface area (Å²) < 4.78 is 1.71. The molecule has 0 saturated carbocycles. The van der Waals surface area contributed by atoms with Crippen molar-refractivity contribution in [2.45, 2.75) is 31.7 Å². The number of hydrogen-bond acceptors (Lipinski definition) is 9. The van der Waals surface area contributed by atoms with Gasteiger partial charge in [0.25, 0.3) is 0 Å². The van der Waals surface area contributed by atoms with Gasteiger partial charge in [0.1, 0.15) is 11.5 Å². The second-order valence-electron chi connectivity index (χ2n) is 11.7. The third kappa shape index (κ3) is 6.01. The molecule has 6 rings (SSSR count). The molecular weight excluding hydrogens is 564 g/mol. The molecule has 11 heteroatoms. The van der Waals surface area contributed by atoms with E-state index in [0.29, 0.717) is 48.9 Å². The number of benzene rings is 1. The van der Waals surface area contributed by atoms with E-state index in [4.69, 9.17) is 9.98 Å². The molecule has 0 aliphatic carbocycles. The summed E-state index contributed by atoms with van der Waals surface area (Å²) in [5.41, 5.74) is 4.94. The average Bonchev–Trinajstić information content (AvgIpc) is 3.72. The van der Waals surface area contributed by atoms with Gasteiger partial charge in [-0.2, -0.15) is 15.5 Å². The number of amides is 1. The first kappa shape index (κ1) is 30.0. The number of rotatable bonds is 7. The molecule has 1 aromatic carbocycles. The monoisotopic (exact) mass is 602 g/mol. The molecule has 2 aromatic heterocycles. The maximum absolute atomic E-state index is 14.0. The smallest absolute Gasteiger partial charge is 0.231 e. The minimum absolute atomic E-state index is 0.159. The van der Waals surface area contributed by atoms with E-state index in [0.717, 1.165) is 41.9 Å². The summed E-state index contributed by atoms with van der Waals surface area (Å²) in [6, 6.07) is 16.6. The third-order valence-corrected chi connectivity index (χ3v) is 8.93. The fraction of sp³-hybridized carbons (Fsp3) is 0.353. The molecule has 2 saturated heterocycles. The lowest BCUT2D eigenvalue weighted by atomic mass is 9.88. The van der Waals surface area contributed by atoms with Crippen LogP contribution < -0.4 is 4.90 Å². The van der Waals surface area contributed by atoms with Crippen LogP contribution in [0, 0.1) is 11.3 Å². The van der Waals surface area contributed by atoms with Crippen LogP contribution in [-0.2, 0) is 11.8 Å². The number of nitriles is 1. The Hall–Kier alpha value is -5.08. The van der Waals surface area contributed by atoms with Gasteiger partial charge >= 0.3 is 0 Å². The Morgan fingerprint density at radius 1 is 1.04 bits per heavy atom. The van der Waals surface area contributed by atoms with Gasteiger partial charge in [0, 0.05) is 69.5 Å². The molecule has 230 valence electrons. The molecule has 0 bridgehead atoms. The van der Waals surface area contributed by atoms with Crippen molar-refractivity contribution in [2.75, 3.05) is 44.7 Å². The number of carbonyl (C=O) groups excluding carboxylic acids is 1. The van der Waals surface area contributed by atoms with Crippen LogP contribution in [0.2, 0.25) is 0 Å². The number of nitrogens with zero attached hydrogens (tertiary/aromatic N) is 10. The normalized spacial score (nSPS) is 20.8. The summed E-state index contributed by atoms with van der Waals surface area (Å²) >= 11 is 0. The highest BCUT2D eigenvalue weighted by Gasteiger charge is 2.38. The molecule has 45 heavy (non-hydrogen) atoms. The fourth-order valence-electron chi connectivity index (χ4n) is 6.51. The minimum atomic E-state index is -0.159. The second kappa shape index (κ2) is 12.9. The highest BCUT2D eigenvalue weighted by atomic mass is 16.2. The number of aryl methyl sites for hydroxylation is 1. The number of allylic oxidation sites excluding steroid dienone is 2. The van der Waals surface area contributed by atoms with Crippen LogP contribution in [0.15, 0.2) is 88.6 Å². The Kier molecular flexibility index (Phi) is 8.58. The van der Waals surface area contributed by atoms with Gasteiger partial charge in [-0.05, 0) is 51.1 Å². The topological polar surface area (TPSA) is 109 Å². The van der Waals surface area contributed by atoms with Crippen molar-refractivity contribution >= 4 is 29.9 Å². The van der Waals surface area contributed by atoms with E-state index in [1.807, 2.05) is 48.5 Å². The van der Waals surface area contributed by atoms with Crippen LogP contribution in [0.4, 0.5) is 5.82 Å². The Labute approximate surface area is 264 Å². The van der Waals surface area contributed by atoms with Crippen LogP contribution in [0.1, 0.15) is 42.4 Å². The number of hydrazone groups is 1. The molecule has 11 nitrogen and oxygen atoms in total.